The number of amides is 4. The van der Waals surface area contributed by atoms with Crippen LogP contribution in [0.15, 0.2) is 30.3 Å². The van der Waals surface area contributed by atoms with Crippen molar-refractivity contribution in [2.75, 3.05) is 13.1 Å². The van der Waals surface area contributed by atoms with Crippen LogP contribution in [0.4, 0.5) is 4.79 Å². The summed E-state index contributed by atoms with van der Waals surface area (Å²) in [5.41, 5.74) is 1.08. The second-order valence-electron chi connectivity index (χ2n) is 6.49. The number of para-hydroxylation sites is 1. The fourth-order valence-electron chi connectivity index (χ4n) is 3.63. The van der Waals surface area contributed by atoms with Crippen LogP contribution in [-0.2, 0) is 16.1 Å². The van der Waals surface area contributed by atoms with Gasteiger partial charge in [0, 0.05) is 17.8 Å². The summed E-state index contributed by atoms with van der Waals surface area (Å²) in [6, 6.07) is 9.50. The monoisotopic (exact) mass is 326 g/mol. The third-order valence-electron chi connectivity index (χ3n) is 4.95. The fourth-order valence-corrected chi connectivity index (χ4v) is 3.63. The predicted octanol–water partition coefficient (Wildman–Crippen LogP) is 0.760. The van der Waals surface area contributed by atoms with E-state index < -0.39 is 11.6 Å². The van der Waals surface area contributed by atoms with E-state index in [4.69, 9.17) is 0 Å². The second-order valence-corrected chi connectivity index (χ2v) is 6.49. The van der Waals surface area contributed by atoms with Crippen molar-refractivity contribution < 1.29 is 14.4 Å². The summed E-state index contributed by atoms with van der Waals surface area (Å²) in [5.74, 6) is -0.393. The zero-order valence-corrected chi connectivity index (χ0v) is 13.3. The van der Waals surface area contributed by atoms with Gasteiger partial charge in [-0.15, -0.1) is 0 Å². The van der Waals surface area contributed by atoms with E-state index in [2.05, 4.69) is 16.7 Å². The Morgan fingerprint density at radius 2 is 2.08 bits per heavy atom. The van der Waals surface area contributed by atoms with Crippen molar-refractivity contribution in [2.45, 2.75) is 25.4 Å². The van der Waals surface area contributed by atoms with Crippen LogP contribution >= 0.6 is 0 Å². The van der Waals surface area contributed by atoms with E-state index in [9.17, 15) is 14.4 Å². The first-order valence-electron chi connectivity index (χ1n) is 7.95. The Hall–Kier alpha value is -2.83. The number of nitrogens with zero attached hydrogens (tertiary/aromatic N) is 2. The summed E-state index contributed by atoms with van der Waals surface area (Å²) >= 11 is 0. The van der Waals surface area contributed by atoms with Crippen molar-refractivity contribution in [1.82, 2.24) is 20.1 Å². The highest BCUT2D eigenvalue weighted by Gasteiger charge is 2.51. The minimum atomic E-state index is -0.958. The van der Waals surface area contributed by atoms with Crippen LogP contribution in [0, 0.1) is 6.92 Å². The van der Waals surface area contributed by atoms with Gasteiger partial charge in [-0.25, -0.2) is 4.79 Å². The lowest BCUT2D eigenvalue weighted by atomic mass is 10.00. The molecule has 0 aliphatic carbocycles. The van der Waals surface area contributed by atoms with Crippen LogP contribution in [0.25, 0.3) is 10.9 Å². The summed E-state index contributed by atoms with van der Waals surface area (Å²) in [5, 5.41) is 6.02. The van der Waals surface area contributed by atoms with Crippen molar-refractivity contribution in [2.24, 2.45) is 0 Å². The maximum atomic E-state index is 12.7. The number of benzene rings is 1. The molecule has 2 fully saturated rings. The number of carbonyl (C=O) groups is 3. The smallest absolute Gasteiger partial charge is 0.322 e. The van der Waals surface area contributed by atoms with Gasteiger partial charge in [0.25, 0.3) is 5.91 Å². The Balaban J connectivity index is 1.54. The molecule has 1 spiro atoms. The summed E-state index contributed by atoms with van der Waals surface area (Å²) in [6.45, 7) is 2.89. The molecule has 4 amide bonds. The van der Waals surface area contributed by atoms with Gasteiger partial charge in [-0.05, 0) is 30.9 Å². The van der Waals surface area contributed by atoms with E-state index >= 15 is 0 Å². The van der Waals surface area contributed by atoms with Gasteiger partial charge >= 0.3 is 6.03 Å². The molecule has 0 radical (unpaired) electrons. The molecule has 2 aromatic rings. The number of imide groups is 1. The topological polar surface area (TPSA) is 83.4 Å². The lowest BCUT2D eigenvalue weighted by molar-refractivity contribution is -0.131. The van der Waals surface area contributed by atoms with E-state index in [0.29, 0.717) is 13.0 Å². The van der Waals surface area contributed by atoms with E-state index in [1.54, 1.807) is 4.90 Å². The van der Waals surface area contributed by atoms with Crippen LogP contribution in [0.5, 0.6) is 0 Å². The Morgan fingerprint density at radius 3 is 2.83 bits per heavy atom. The van der Waals surface area contributed by atoms with Crippen LogP contribution in [0.2, 0.25) is 0 Å². The molecule has 124 valence electrons. The third-order valence-corrected chi connectivity index (χ3v) is 4.95. The molecule has 0 bridgehead atoms. The Bertz CT molecular complexity index is 872. The van der Waals surface area contributed by atoms with E-state index in [1.165, 1.54) is 0 Å². The Labute approximate surface area is 138 Å². The van der Waals surface area contributed by atoms with Gasteiger partial charge in [-0.1, -0.05) is 18.2 Å². The number of hydrogen-bond acceptors (Lipinski definition) is 3. The van der Waals surface area contributed by atoms with Crippen LogP contribution in [-0.4, -0.2) is 45.9 Å². The minimum Gasteiger partial charge on any atom is -0.338 e. The summed E-state index contributed by atoms with van der Waals surface area (Å²) in [6.07, 6.45) is 0.446. The molecule has 1 aromatic carbocycles. The quantitative estimate of drug-likeness (QED) is 0.799. The predicted molar refractivity (Wildman–Crippen MR) is 87.3 cm³/mol. The first-order chi connectivity index (χ1) is 11.5. The number of urea groups is 1. The molecule has 1 atom stereocenters. The first-order valence-corrected chi connectivity index (χ1v) is 7.95. The molecule has 0 saturated carbocycles. The number of rotatable bonds is 2. The van der Waals surface area contributed by atoms with Gasteiger partial charge in [-0.2, -0.15) is 0 Å². The lowest BCUT2D eigenvalue weighted by Crippen LogP contribution is -2.49. The number of fused-ring (bicyclic) bond motifs is 1. The third kappa shape index (κ3) is 2.16. The Morgan fingerprint density at radius 1 is 1.29 bits per heavy atom. The largest absolute Gasteiger partial charge is 0.338 e. The molecule has 3 heterocycles. The fraction of sp³-hybridized carbons (Fsp3) is 0.353. The normalized spacial score (nSPS) is 23.1. The zero-order chi connectivity index (χ0) is 16.9. The van der Waals surface area contributed by atoms with Crippen molar-refractivity contribution in [3.63, 3.8) is 0 Å². The zero-order valence-electron chi connectivity index (χ0n) is 13.3. The van der Waals surface area contributed by atoms with Crippen molar-refractivity contribution in [3.05, 3.63) is 36.0 Å². The maximum absolute atomic E-state index is 12.7. The molecule has 2 saturated heterocycles. The molecule has 2 aliphatic rings. The molecule has 2 N–H and O–H groups in total. The average molecular weight is 326 g/mol. The van der Waals surface area contributed by atoms with E-state index in [0.717, 1.165) is 16.6 Å². The van der Waals surface area contributed by atoms with Crippen molar-refractivity contribution >= 4 is 28.7 Å². The molecule has 1 aromatic heterocycles. The highest BCUT2D eigenvalue weighted by Crippen LogP contribution is 2.26. The van der Waals surface area contributed by atoms with E-state index in [-0.39, 0.29) is 24.9 Å². The number of nitrogens with one attached hydrogen (secondary N) is 2. The molecular formula is C17H18N4O3. The number of hydrogen-bond donors (Lipinski definition) is 2. The van der Waals surface area contributed by atoms with Gasteiger partial charge in [0.15, 0.2) is 0 Å². The number of likely N-dealkylation sites (tertiary alicyclic amines) is 1. The molecule has 7 nitrogen and oxygen atoms in total. The SMILES string of the molecule is Cc1cc2ccccc2n1CC(=O)N1CCC2(C1)NC(=O)NC2=O. The summed E-state index contributed by atoms with van der Waals surface area (Å²) in [7, 11) is 0. The highest BCUT2D eigenvalue weighted by atomic mass is 16.2. The van der Waals surface area contributed by atoms with Crippen molar-refractivity contribution in [3.8, 4) is 0 Å². The lowest BCUT2D eigenvalue weighted by Gasteiger charge is -2.21. The van der Waals surface area contributed by atoms with Crippen LogP contribution in [0.1, 0.15) is 12.1 Å². The molecule has 2 aliphatic heterocycles. The minimum absolute atomic E-state index is 0.0507. The maximum Gasteiger partial charge on any atom is 0.322 e. The van der Waals surface area contributed by atoms with Gasteiger partial charge in [0.05, 0.1) is 6.54 Å². The van der Waals surface area contributed by atoms with Gasteiger partial charge in [-0.3, -0.25) is 14.9 Å². The van der Waals surface area contributed by atoms with Gasteiger partial charge < -0.3 is 14.8 Å². The molecular weight excluding hydrogens is 308 g/mol. The number of aromatic nitrogens is 1. The Kier molecular flexibility index (Phi) is 3.13. The number of carbonyl (C=O) groups excluding carboxylic acids is 3. The van der Waals surface area contributed by atoms with Crippen LogP contribution < -0.4 is 10.6 Å². The highest BCUT2D eigenvalue weighted by molar-refractivity contribution is 6.07. The van der Waals surface area contributed by atoms with Gasteiger partial charge in [0.2, 0.25) is 5.91 Å². The summed E-state index contributed by atoms with van der Waals surface area (Å²) < 4.78 is 1.98. The average Bonchev–Trinajstić information content (AvgIpc) is 3.18. The van der Waals surface area contributed by atoms with Crippen LogP contribution in [0.3, 0.4) is 0 Å². The summed E-state index contributed by atoms with van der Waals surface area (Å²) in [4.78, 5) is 37.7. The number of aryl methyl sites for hydroxylation is 1. The molecule has 7 heteroatoms. The van der Waals surface area contributed by atoms with Crippen molar-refractivity contribution in [1.29, 1.82) is 0 Å². The first kappa shape index (κ1) is 14.7. The molecule has 4 rings (SSSR count). The van der Waals surface area contributed by atoms with Gasteiger partial charge in [0.1, 0.15) is 12.1 Å². The standard InChI is InChI=1S/C17H18N4O3/c1-11-8-12-4-2-3-5-13(12)21(11)9-14(22)20-7-6-17(10-20)15(23)18-16(24)19-17/h2-5,8H,6-7,9-10H2,1H3,(H2,18,19,23,24). The molecule has 24 heavy (non-hydrogen) atoms. The molecule has 1 unspecified atom stereocenters. The van der Waals surface area contributed by atoms with E-state index in [1.807, 2.05) is 35.8 Å². The second kappa shape index (κ2) is 5.09.